The minimum Gasteiger partial charge on any atom is -0.507 e. The fraction of sp³-hybridized carbons (Fsp3) is 0.0455. The predicted molar refractivity (Wildman–Crippen MR) is 122 cm³/mol. The minimum atomic E-state index is -1.32. The number of hydrogen-bond donors (Lipinski definition) is 4. The normalized spacial score (nSPS) is 10.3. The summed E-state index contributed by atoms with van der Waals surface area (Å²) in [6.45, 7) is 0. The van der Waals surface area contributed by atoms with E-state index in [1.165, 1.54) is 48.2 Å². The Morgan fingerprint density at radius 1 is 0.939 bits per heavy atom. The maximum absolute atomic E-state index is 12.4. The Morgan fingerprint density at radius 3 is 2.39 bits per heavy atom. The maximum Gasteiger partial charge on any atom is 0.339 e. The van der Waals surface area contributed by atoms with Crippen molar-refractivity contribution in [1.82, 2.24) is 0 Å². The molecular formula is C22H17N3O7S. The highest BCUT2D eigenvalue weighted by Gasteiger charge is 2.13. The van der Waals surface area contributed by atoms with E-state index in [1.807, 2.05) is 0 Å². The minimum absolute atomic E-state index is 0.00552. The van der Waals surface area contributed by atoms with Crippen LogP contribution in [-0.4, -0.2) is 38.7 Å². The molecule has 0 unspecified atom stereocenters. The first kappa shape index (κ1) is 23.3. The second kappa shape index (κ2) is 10.3. The Morgan fingerprint density at radius 2 is 1.67 bits per heavy atom. The van der Waals surface area contributed by atoms with Crippen LogP contribution in [0.3, 0.4) is 0 Å². The summed E-state index contributed by atoms with van der Waals surface area (Å²) >= 11 is 1.19. The van der Waals surface area contributed by atoms with Crippen LogP contribution in [0.25, 0.3) is 0 Å². The number of nitro groups is 1. The molecule has 0 aliphatic carbocycles. The van der Waals surface area contributed by atoms with Crippen molar-refractivity contribution in [2.24, 2.45) is 0 Å². The molecule has 0 saturated heterocycles. The molecule has 3 aromatic rings. The van der Waals surface area contributed by atoms with Crippen LogP contribution in [0.2, 0.25) is 0 Å². The lowest BCUT2D eigenvalue weighted by molar-refractivity contribution is -0.384. The van der Waals surface area contributed by atoms with E-state index in [2.05, 4.69) is 10.6 Å². The van der Waals surface area contributed by atoms with Crippen LogP contribution in [0, 0.1) is 10.1 Å². The number of carboxylic acids is 1. The highest BCUT2D eigenvalue weighted by molar-refractivity contribution is 8.00. The zero-order valence-electron chi connectivity index (χ0n) is 16.8. The number of nitro benzene ring substituents is 1. The molecule has 3 rings (SSSR count). The number of aromatic carboxylic acids is 1. The second-order valence-electron chi connectivity index (χ2n) is 6.66. The van der Waals surface area contributed by atoms with E-state index < -0.39 is 28.5 Å². The van der Waals surface area contributed by atoms with Gasteiger partial charge in [-0.1, -0.05) is 12.1 Å². The molecule has 33 heavy (non-hydrogen) atoms. The van der Waals surface area contributed by atoms with Crippen LogP contribution < -0.4 is 10.6 Å². The number of anilines is 2. The van der Waals surface area contributed by atoms with Gasteiger partial charge in [0.2, 0.25) is 5.91 Å². The van der Waals surface area contributed by atoms with E-state index >= 15 is 0 Å². The molecule has 0 fully saturated rings. The quantitative estimate of drug-likeness (QED) is 0.168. The third-order valence-corrected chi connectivity index (χ3v) is 5.29. The average Bonchev–Trinajstić information content (AvgIpc) is 2.79. The summed E-state index contributed by atoms with van der Waals surface area (Å²) < 4.78 is 0. The Balaban J connectivity index is 1.60. The number of carboxylic acid groups (broad SMARTS) is 1. The van der Waals surface area contributed by atoms with E-state index in [-0.39, 0.29) is 28.3 Å². The molecule has 0 aliphatic heterocycles. The van der Waals surface area contributed by atoms with Crippen LogP contribution in [0.1, 0.15) is 20.7 Å². The largest absolute Gasteiger partial charge is 0.507 e. The summed E-state index contributed by atoms with van der Waals surface area (Å²) in [5.41, 5.74) is 0.293. The molecule has 4 N–H and O–H groups in total. The third-order valence-electron chi connectivity index (χ3n) is 4.29. The number of benzene rings is 3. The smallest absolute Gasteiger partial charge is 0.339 e. The number of phenols is 1. The highest BCUT2D eigenvalue weighted by Crippen LogP contribution is 2.24. The summed E-state index contributed by atoms with van der Waals surface area (Å²) in [6, 6.07) is 15.8. The molecule has 10 nitrogen and oxygen atoms in total. The zero-order valence-corrected chi connectivity index (χ0v) is 17.7. The molecule has 0 aliphatic rings. The molecule has 0 saturated carbocycles. The first-order valence-corrected chi connectivity index (χ1v) is 10.4. The topological polar surface area (TPSA) is 159 Å². The molecule has 0 bridgehead atoms. The van der Waals surface area contributed by atoms with Gasteiger partial charge in [0.15, 0.2) is 0 Å². The molecule has 0 heterocycles. The maximum atomic E-state index is 12.4. The van der Waals surface area contributed by atoms with Crippen molar-refractivity contribution in [3.05, 3.63) is 88.0 Å². The number of carbonyl (C=O) groups excluding carboxylic acids is 2. The van der Waals surface area contributed by atoms with Gasteiger partial charge in [-0.25, -0.2) is 4.79 Å². The number of hydrogen-bond acceptors (Lipinski definition) is 7. The SMILES string of the molecule is O=C(CSc1cccc(NC(=O)c2cccc([N+](=O)[O-])c2)c1)Nc1ccc(O)c(C(=O)O)c1. The Kier molecular flexibility index (Phi) is 7.26. The second-order valence-corrected chi connectivity index (χ2v) is 7.71. The van der Waals surface area contributed by atoms with E-state index in [0.29, 0.717) is 10.6 Å². The Hall–Kier alpha value is -4.38. The van der Waals surface area contributed by atoms with Crippen molar-refractivity contribution in [3.8, 4) is 5.75 Å². The van der Waals surface area contributed by atoms with Gasteiger partial charge in [0.05, 0.1) is 10.7 Å². The molecule has 0 atom stereocenters. The van der Waals surface area contributed by atoms with Gasteiger partial charge in [-0.2, -0.15) is 0 Å². The van der Waals surface area contributed by atoms with Gasteiger partial charge in [-0.3, -0.25) is 19.7 Å². The van der Waals surface area contributed by atoms with E-state index in [0.717, 1.165) is 6.07 Å². The monoisotopic (exact) mass is 467 g/mol. The Labute approximate surface area is 191 Å². The van der Waals surface area contributed by atoms with E-state index in [4.69, 9.17) is 5.11 Å². The number of rotatable bonds is 8. The van der Waals surface area contributed by atoms with Crippen LogP contribution in [0.4, 0.5) is 17.1 Å². The number of nitrogens with one attached hydrogen (secondary N) is 2. The molecule has 0 aromatic heterocycles. The number of thioether (sulfide) groups is 1. The van der Waals surface area contributed by atoms with Crippen molar-refractivity contribution in [2.45, 2.75) is 4.90 Å². The molecule has 3 aromatic carbocycles. The summed E-state index contributed by atoms with van der Waals surface area (Å²) in [4.78, 5) is 46.7. The van der Waals surface area contributed by atoms with Crippen molar-refractivity contribution in [1.29, 1.82) is 0 Å². The summed E-state index contributed by atoms with van der Waals surface area (Å²) in [5, 5.41) is 34.7. The van der Waals surface area contributed by atoms with Gasteiger partial charge in [-0.05, 0) is 42.5 Å². The molecule has 0 spiro atoms. The lowest BCUT2D eigenvalue weighted by Crippen LogP contribution is -2.14. The third kappa shape index (κ3) is 6.31. The standard InChI is InChI=1S/C22H17N3O7S/c26-19-8-7-15(11-18(19)22(29)30)23-20(27)12-33-17-6-2-4-14(10-17)24-21(28)13-3-1-5-16(9-13)25(31)32/h1-11,26H,12H2,(H,23,27)(H,24,28)(H,29,30). The predicted octanol–water partition coefficient (Wildman–Crippen LogP) is 3.98. The Bertz CT molecular complexity index is 1250. The van der Waals surface area contributed by atoms with Crippen LogP contribution >= 0.6 is 11.8 Å². The number of amides is 2. The van der Waals surface area contributed by atoms with Gasteiger partial charge >= 0.3 is 5.97 Å². The lowest BCUT2D eigenvalue weighted by atomic mass is 10.2. The van der Waals surface area contributed by atoms with Crippen molar-refractivity contribution >= 4 is 46.6 Å². The fourth-order valence-corrected chi connectivity index (χ4v) is 3.51. The van der Waals surface area contributed by atoms with Gasteiger partial charge in [0, 0.05) is 34.0 Å². The van der Waals surface area contributed by atoms with Crippen molar-refractivity contribution in [3.63, 3.8) is 0 Å². The average molecular weight is 467 g/mol. The van der Waals surface area contributed by atoms with Crippen molar-refractivity contribution in [2.75, 3.05) is 16.4 Å². The number of aromatic hydroxyl groups is 1. The highest BCUT2D eigenvalue weighted by atomic mass is 32.2. The summed E-state index contributed by atoms with van der Waals surface area (Å²) in [5.74, 6) is -2.63. The molecule has 11 heteroatoms. The molecule has 2 amide bonds. The first-order valence-electron chi connectivity index (χ1n) is 9.38. The van der Waals surface area contributed by atoms with Crippen molar-refractivity contribution < 1.29 is 29.5 Å². The zero-order chi connectivity index (χ0) is 24.0. The summed E-state index contributed by atoms with van der Waals surface area (Å²) in [6.07, 6.45) is 0. The van der Waals surface area contributed by atoms with Crippen LogP contribution in [0.15, 0.2) is 71.6 Å². The van der Waals surface area contributed by atoms with E-state index in [1.54, 1.807) is 24.3 Å². The van der Waals surface area contributed by atoms with Gasteiger partial charge in [0.25, 0.3) is 11.6 Å². The number of nitrogens with zero attached hydrogens (tertiary/aromatic N) is 1. The van der Waals surface area contributed by atoms with Crippen LogP contribution in [-0.2, 0) is 4.79 Å². The molecular weight excluding hydrogens is 450 g/mol. The van der Waals surface area contributed by atoms with Gasteiger partial charge in [0.1, 0.15) is 11.3 Å². The van der Waals surface area contributed by atoms with Crippen LogP contribution in [0.5, 0.6) is 5.75 Å². The van der Waals surface area contributed by atoms with E-state index in [9.17, 15) is 29.6 Å². The summed E-state index contributed by atoms with van der Waals surface area (Å²) in [7, 11) is 0. The fourth-order valence-electron chi connectivity index (χ4n) is 2.76. The number of carbonyl (C=O) groups is 3. The molecule has 168 valence electrons. The molecule has 0 radical (unpaired) electrons. The lowest BCUT2D eigenvalue weighted by Gasteiger charge is -2.09. The van der Waals surface area contributed by atoms with Gasteiger partial charge < -0.3 is 20.8 Å². The van der Waals surface area contributed by atoms with Gasteiger partial charge in [-0.15, -0.1) is 11.8 Å². The first-order chi connectivity index (χ1) is 15.7. The number of non-ortho nitro benzene ring substituents is 1.